The van der Waals surface area contributed by atoms with Crippen molar-refractivity contribution < 1.29 is 4.74 Å². The van der Waals surface area contributed by atoms with Gasteiger partial charge in [-0.3, -0.25) is 9.69 Å². The van der Waals surface area contributed by atoms with Crippen LogP contribution in [0.25, 0.3) is 11.0 Å². The highest BCUT2D eigenvalue weighted by Gasteiger charge is 2.32. The van der Waals surface area contributed by atoms with Crippen LogP contribution in [0.3, 0.4) is 0 Å². The van der Waals surface area contributed by atoms with Gasteiger partial charge in [0.05, 0.1) is 17.6 Å². The number of benzene rings is 1. The highest BCUT2D eigenvalue weighted by Crippen LogP contribution is 2.29. The molecule has 1 saturated heterocycles. The Balaban J connectivity index is 1.57. The van der Waals surface area contributed by atoms with Crippen LogP contribution >= 0.6 is 0 Å². The van der Waals surface area contributed by atoms with Gasteiger partial charge in [-0.25, -0.2) is 4.98 Å². The van der Waals surface area contributed by atoms with Gasteiger partial charge in [-0.05, 0) is 37.3 Å². The molecule has 2 fully saturated rings. The van der Waals surface area contributed by atoms with Gasteiger partial charge in [0.1, 0.15) is 5.69 Å². The van der Waals surface area contributed by atoms with Gasteiger partial charge in [0.2, 0.25) is 0 Å². The number of hydrogen-bond acceptors (Lipinski definition) is 4. The van der Waals surface area contributed by atoms with E-state index in [-0.39, 0.29) is 5.56 Å². The lowest BCUT2D eigenvalue weighted by Crippen LogP contribution is -2.34. The largest absolute Gasteiger partial charge is 0.381 e. The average molecular weight is 299 g/mol. The van der Waals surface area contributed by atoms with Crippen molar-refractivity contribution >= 4 is 11.0 Å². The van der Waals surface area contributed by atoms with Crippen LogP contribution in [-0.4, -0.2) is 40.7 Å². The first-order chi connectivity index (χ1) is 10.8. The Morgan fingerprint density at radius 3 is 2.91 bits per heavy atom. The quantitative estimate of drug-likeness (QED) is 0.916. The summed E-state index contributed by atoms with van der Waals surface area (Å²) in [7, 11) is 0. The zero-order chi connectivity index (χ0) is 14.9. The number of ether oxygens (including phenoxy) is 1. The number of H-pyrrole nitrogens is 1. The summed E-state index contributed by atoms with van der Waals surface area (Å²) in [6.45, 7) is 3.38. The molecule has 2 aromatic rings. The normalized spacial score (nSPS) is 21.8. The highest BCUT2D eigenvalue weighted by molar-refractivity contribution is 5.73. The molecule has 22 heavy (non-hydrogen) atoms. The Kier molecular flexibility index (Phi) is 3.68. The van der Waals surface area contributed by atoms with Gasteiger partial charge in [-0.15, -0.1) is 0 Å². The maximum absolute atomic E-state index is 12.3. The number of fused-ring (bicyclic) bond motifs is 1. The van der Waals surface area contributed by atoms with Crippen LogP contribution in [0.1, 0.15) is 25.0 Å². The number of hydrogen-bond donors (Lipinski definition) is 1. The van der Waals surface area contributed by atoms with Crippen LogP contribution < -0.4 is 5.56 Å². The molecule has 0 unspecified atom stereocenters. The number of nitrogens with zero attached hydrogens (tertiary/aromatic N) is 2. The Labute approximate surface area is 129 Å². The summed E-state index contributed by atoms with van der Waals surface area (Å²) in [6, 6.07) is 8.32. The molecule has 4 rings (SSSR count). The first kappa shape index (κ1) is 13.9. The lowest BCUT2D eigenvalue weighted by Gasteiger charge is -2.24. The molecule has 116 valence electrons. The summed E-state index contributed by atoms with van der Waals surface area (Å²) >= 11 is 0. The molecule has 1 N–H and O–H groups in total. The fourth-order valence-corrected chi connectivity index (χ4v) is 3.21. The van der Waals surface area contributed by atoms with E-state index in [9.17, 15) is 4.79 Å². The molecular weight excluding hydrogens is 278 g/mol. The number of para-hydroxylation sites is 2. The molecule has 1 aliphatic carbocycles. The maximum Gasteiger partial charge on any atom is 0.271 e. The molecule has 0 spiro atoms. The van der Waals surface area contributed by atoms with E-state index in [1.807, 2.05) is 24.3 Å². The van der Waals surface area contributed by atoms with Crippen LogP contribution in [0.15, 0.2) is 29.1 Å². The van der Waals surface area contributed by atoms with E-state index >= 15 is 0 Å². The molecule has 0 radical (unpaired) electrons. The summed E-state index contributed by atoms with van der Waals surface area (Å²) in [5.74, 6) is 0.597. The number of nitrogens with one attached hydrogen (secondary N) is 1. The van der Waals surface area contributed by atoms with Crippen molar-refractivity contribution in [1.29, 1.82) is 0 Å². The zero-order valence-corrected chi connectivity index (χ0v) is 12.6. The molecular formula is C17H21N3O2. The SMILES string of the molecule is O=c1[nH]c2ccccc2nc1CN(C[C@H]1CCOC1)C1CC1. The minimum absolute atomic E-state index is 0.0629. The average Bonchev–Trinajstić information content (AvgIpc) is 3.25. The first-order valence-corrected chi connectivity index (χ1v) is 8.09. The minimum atomic E-state index is -0.0629. The van der Waals surface area contributed by atoms with Crippen molar-refractivity contribution in [2.45, 2.75) is 31.8 Å². The minimum Gasteiger partial charge on any atom is -0.381 e. The lowest BCUT2D eigenvalue weighted by atomic mass is 10.1. The molecule has 1 saturated carbocycles. The van der Waals surface area contributed by atoms with Gasteiger partial charge >= 0.3 is 0 Å². The fourth-order valence-electron chi connectivity index (χ4n) is 3.21. The predicted octanol–water partition coefficient (Wildman–Crippen LogP) is 1.92. The van der Waals surface area contributed by atoms with E-state index in [0.717, 1.165) is 37.2 Å². The highest BCUT2D eigenvalue weighted by atomic mass is 16.5. The Morgan fingerprint density at radius 2 is 2.14 bits per heavy atom. The molecule has 0 amide bonds. The van der Waals surface area contributed by atoms with E-state index in [4.69, 9.17) is 4.74 Å². The molecule has 5 heteroatoms. The third-order valence-corrected chi connectivity index (χ3v) is 4.60. The van der Waals surface area contributed by atoms with E-state index < -0.39 is 0 Å². The predicted molar refractivity (Wildman–Crippen MR) is 84.7 cm³/mol. The second kappa shape index (κ2) is 5.82. The van der Waals surface area contributed by atoms with Crippen LogP contribution in [0.2, 0.25) is 0 Å². The number of aromatic amines is 1. The van der Waals surface area contributed by atoms with Gasteiger partial charge < -0.3 is 9.72 Å². The van der Waals surface area contributed by atoms with Crippen LogP contribution in [0.5, 0.6) is 0 Å². The van der Waals surface area contributed by atoms with Crippen molar-refractivity contribution in [3.05, 3.63) is 40.3 Å². The van der Waals surface area contributed by atoms with Crippen LogP contribution in [-0.2, 0) is 11.3 Å². The second-order valence-corrected chi connectivity index (χ2v) is 6.42. The van der Waals surface area contributed by atoms with Crippen LogP contribution in [0.4, 0.5) is 0 Å². The Bertz CT molecular complexity index is 717. The first-order valence-electron chi connectivity index (χ1n) is 8.09. The molecule has 0 bridgehead atoms. The van der Waals surface area contributed by atoms with Crippen molar-refractivity contribution in [2.24, 2.45) is 5.92 Å². The lowest BCUT2D eigenvalue weighted by molar-refractivity contribution is 0.160. The summed E-state index contributed by atoms with van der Waals surface area (Å²) in [6.07, 6.45) is 3.60. The number of aromatic nitrogens is 2. The zero-order valence-electron chi connectivity index (χ0n) is 12.6. The fraction of sp³-hybridized carbons (Fsp3) is 0.529. The van der Waals surface area contributed by atoms with E-state index in [1.165, 1.54) is 12.8 Å². The molecule has 1 aromatic heterocycles. The number of rotatable bonds is 5. The van der Waals surface area contributed by atoms with Gasteiger partial charge in [-0.1, -0.05) is 12.1 Å². The Morgan fingerprint density at radius 1 is 1.27 bits per heavy atom. The molecule has 2 aliphatic rings. The smallest absolute Gasteiger partial charge is 0.271 e. The molecule has 2 heterocycles. The Hall–Kier alpha value is -1.72. The standard InChI is InChI=1S/C17H21N3O2/c21-17-16(18-14-3-1-2-4-15(14)19-17)10-20(13-5-6-13)9-12-7-8-22-11-12/h1-4,12-13H,5-11H2,(H,19,21)/t12-/m1/s1. The van der Waals surface area contributed by atoms with Gasteiger partial charge in [-0.2, -0.15) is 0 Å². The molecule has 5 nitrogen and oxygen atoms in total. The third-order valence-electron chi connectivity index (χ3n) is 4.60. The van der Waals surface area contributed by atoms with E-state index in [0.29, 0.717) is 24.2 Å². The topological polar surface area (TPSA) is 58.2 Å². The monoisotopic (exact) mass is 299 g/mol. The summed E-state index contributed by atoms with van der Waals surface area (Å²) in [5.41, 5.74) is 2.23. The van der Waals surface area contributed by atoms with E-state index in [2.05, 4.69) is 14.9 Å². The van der Waals surface area contributed by atoms with Crippen molar-refractivity contribution in [3.8, 4) is 0 Å². The van der Waals surface area contributed by atoms with Crippen LogP contribution in [0, 0.1) is 5.92 Å². The van der Waals surface area contributed by atoms with Gasteiger partial charge in [0, 0.05) is 25.7 Å². The second-order valence-electron chi connectivity index (χ2n) is 6.42. The summed E-state index contributed by atoms with van der Waals surface area (Å²) < 4.78 is 5.48. The van der Waals surface area contributed by atoms with Gasteiger partial charge in [0.15, 0.2) is 0 Å². The van der Waals surface area contributed by atoms with Crippen molar-refractivity contribution in [3.63, 3.8) is 0 Å². The van der Waals surface area contributed by atoms with E-state index in [1.54, 1.807) is 0 Å². The molecule has 1 aliphatic heterocycles. The third kappa shape index (κ3) is 2.91. The molecule has 1 atom stereocenters. The van der Waals surface area contributed by atoms with Gasteiger partial charge in [0.25, 0.3) is 5.56 Å². The summed E-state index contributed by atoms with van der Waals surface area (Å²) in [4.78, 5) is 22.2. The van der Waals surface area contributed by atoms with Crippen molar-refractivity contribution in [2.75, 3.05) is 19.8 Å². The van der Waals surface area contributed by atoms with Crippen molar-refractivity contribution in [1.82, 2.24) is 14.9 Å². The molecule has 1 aromatic carbocycles. The maximum atomic E-state index is 12.3. The summed E-state index contributed by atoms with van der Waals surface area (Å²) in [5, 5.41) is 0.